The molecule has 2 atom stereocenters. The number of hydrazone groups is 1. The van der Waals surface area contributed by atoms with Crippen LogP contribution < -0.4 is 10.7 Å². The highest BCUT2D eigenvalue weighted by molar-refractivity contribution is 6.30. The van der Waals surface area contributed by atoms with E-state index in [2.05, 4.69) is 10.7 Å². The predicted octanol–water partition coefficient (Wildman–Crippen LogP) is 3.36. The van der Waals surface area contributed by atoms with Gasteiger partial charge in [-0.3, -0.25) is 9.59 Å². The van der Waals surface area contributed by atoms with Gasteiger partial charge in [0.05, 0.1) is 0 Å². The van der Waals surface area contributed by atoms with Crippen molar-refractivity contribution in [2.75, 3.05) is 0 Å². The first kappa shape index (κ1) is 18.9. The number of hydrogen-bond acceptors (Lipinski definition) is 2. The molecule has 0 aliphatic carbocycles. The lowest BCUT2D eigenvalue weighted by Crippen LogP contribution is -2.42. The third-order valence-electron chi connectivity index (χ3n) is 4.76. The van der Waals surface area contributed by atoms with E-state index in [1.54, 1.807) is 41.1 Å². The molecule has 5 nitrogen and oxygen atoms in total. The first-order valence-corrected chi connectivity index (χ1v) is 9.60. The lowest BCUT2D eigenvalue weighted by molar-refractivity contribution is -0.596. The SMILES string of the molecule is O=C(N[C@@H]1C(=O)N/[N+](=C\c2ccc(Cl)cc2)[C@@H]1c1ccccc1)c1ccccc1. The van der Waals surface area contributed by atoms with Gasteiger partial charge in [0.2, 0.25) is 12.3 Å². The van der Waals surface area contributed by atoms with Crippen LogP contribution in [0.2, 0.25) is 5.02 Å². The number of nitrogens with zero attached hydrogens (tertiary/aromatic N) is 1. The number of carbonyl (C=O) groups is 2. The average molecular weight is 405 g/mol. The zero-order valence-corrected chi connectivity index (χ0v) is 16.2. The van der Waals surface area contributed by atoms with Gasteiger partial charge in [0.1, 0.15) is 0 Å². The molecule has 3 aromatic rings. The summed E-state index contributed by atoms with van der Waals surface area (Å²) in [5.41, 5.74) is 5.16. The quantitative estimate of drug-likeness (QED) is 0.655. The number of hydrogen-bond donors (Lipinski definition) is 2. The number of hydrazine groups is 1. The van der Waals surface area contributed by atoms with Crippen molar-refractivity contribution >= 4 is 29.6 Å². The summed E-state index contributed by atoms with van der Waals surface area (Å²) in [5.74, 6) is -0.562. The number of nitrogens with one attached hydrogen (secondary N) is 2. The molecule has 6 heteroatoms. The fourth-order valence-corrected chi connectivity index (χ4v) is 3.48. The maximum Gasteiger partial charge on any atom is 0.304 e. The van der Waals surface area contributed by atoms with Crippen molar-refractivity contribution in [2.24, 2.45) is 0 Å². The minimum absolute atomic E-state index is 0.270. The maximum atomic E-state index is 12.8. The summed E-state index contributed by atoms with van der Waals surface area (Å²) in [6.07, 6.45) is 1.83. The fraction of sp³-hybridized carbons (Fsp3) is 0.0870. The molecule has 29 heavy (non-hydrogen) atoms. The molecule has 2 N–H and O–H groups in total. The molecule has 0 radical (unpaired) electrons. The van der Waals surface area contributed by atoms with Crippen molar-refractivity contribution in [3.63, 3.8) is 0 Å². The van der Waals surface area contributed by atoms with Crippen LogP contribution in [0.3, 0.4) is 0 Å². The van der Waals surface area contributed by atoms with Crippen LogP contribution in [0, 0.1) is 0 Å². The third-order valence-corrected chi connectivity index (χ3v) is 5.01. The molecule has 1 saturated heterocycles. The van der Waals surface area contributed by atoms with Crippen LogP contribution in [0.5, 0.6) is 0 Å². The molecule has 3 aromatic carbocycles. The highest BCUT2D eigenvalue weighted by Gasteiger charge is 2.47. The van der Waals surface area contributed by atoms with Crippen molar-refractivity contribution in [2.45, 2.75) is 12.1 Å². The van der Waals surface area contributed by atoms with Crippen LogP contribution in [0.4, 0.5) is 0 Å². The zero-order valence-electron chi connectivity index (χ0n) is 15.5. The first-order chi connectivity index (χ1) is 14.1. The smallest absolute Gasteiger partial charge is 0.304 e. The summed E-state index contributed by atoms with van der Waals surface area (Å²) >= 11 is 5.97. The van der Waals surface area contributed by atoms with Crippen LogP contribution in [0.15, 0.2) is 84.9 Å². The fourth-order valence-electron chi connectivity index (χ4n) is 3.35. The van der Waals surface area contributed by atoms with Gasteiger partial charge in [-0.1, -0.05) is 60.1 Å². The van der Waals surface area contributed by atoms with Crippen molar-refractivity contribution in [3.05, 3.63) is 107 Å². The second-order valence-corrected chi connectivity index (χ2v) is 7.17. The van der Waals surface area contributed by atoms with Crippen molar-refractivity contribution in [3.8, 4) is 0 Å². The van der Waals surface area contributed by atoms with Crippen LogP contribution >= 0.6 is 11.6 Å². The Morgan fingerprint density at radius 2 is 1.55 bits per heavy atom. The molecule has 2 amide bonds. The van der Waals surface area contributed by atoms with E-state index in [4.69, 9.17) is 11.6 Å². The summed E-state index contributed by atoms with van der Waals surface area (Å²) in [4.78, 5) is 25.5. The van der Waals surface area contributed by atoms with Gasteiger partial charge >= 0.3 is 5.91 Å². The van der Waals surface area contributed by atoms with E-state index in [1.165, 1.54) is 0 Å². The number of amides is 2. The van der Waals surface area contributed by atoms with Gasteiger partial charge in [-0.2, -0.15) is 0 Å². The van der Waals surface area contributed by atoms with Gasteiger partial charge in [0.15, 0.2) is 6.04 Å². The van der Waals surface area contributed by atoms with Crippen LogP contribution in [-0.4, -0.2) is 28.8 Å². The molecule has 0 saturated carbocycles. The topological polar surface area (TPSA) is 61.2 Å². The first-order valence-electron chi connectivity index (χ1n) is 9.22. The van der Waals surface area contributed by atoms with E-state index < -0.39 is 12.1 Å². The average Bonchev–Trinajstić information content (AvgIpc) is 3.05. The maximum absolute atomic E-state index is 12.8. The molecule has 1 aliphatic heterocycles. The standard InChI is InChI=1S/C23H18ClN3O2/c24-19-13-11-16(12-14-19)15-27-21(17-7-3-1-4-8-17)20(23(29)26-27)25-22(28)18-9-5-2-6-10-18/h1-15,20-21H,(H-,25,26,28,29)/p+1/b27-15-/t20-,21+/m0/s1. The Bertz CT molecular complexity index is 1050. The summed E-state index contributed by atoms with van der Waals surface area (Å²) in [7, 11) is 0. The molecular formula is C23H19ClN3O2+. The van der Waals surface area contributed by atoms with Crippen LogP contribution in [0.1, 0.15) is 27.5 Å². The van der Waals surface area contributed by atoms with Gasteiger partial charge in [-0.05, 0) is 36.4 Å². The Morgan fingerprint density at radius 3 is 2.21 bits per heavy atom. The molecule has 0 bridgehead atoms. The highest BCUT2D eigenvalue weighted by Crippen LogP contribution is 2.25. The van der Waals surface area contributed by atoms with Crippen LogP contribution in [0.25, 0.3) is 0 Å². The Kier molecular flexibility index (Phi) is 5.40. The molecule has 1 heterocycles. The predicted molar refractivity (Wildman–Crippen MR) is 112 cm³/mol. The lowest BCUT2D eigenvalue weighted by Gasteiger charge is -2.14. The Morgan fingerprint density at radius 1 is 0.931 bits per heavy atom. The highest BCUT2D eigenvalue weighted by atomic mass is 35.5. The Labute approximate surface area is 173 Å². The number of rotatable bonds is 4. The second-order valence-electron chi connectivity index (χ2n) is 6.74. The van der Waals surface area contributed by atoms with Gasteiger partial charge in [0, 0.05) is 21.7 Å². The van der Waals surface area contributed by atoms with Gasteiger partial charge < -0.3 is 5.32 Å². The van der Waals surface area contributed by atoms with Gasteiger partial charge in [0.25, 0.3) is 5.91 Å². The minimum atomic E-state index is -0.742. The summed E-state index contributed by atoms with van der Waals surface area (Å²) in [5, 5.41) is 3.52. The number of carbonyl (C=O) groups excluding carboxylic acids is 2. The van der Waals surface area contributed by atoms with Gasteiger partial charge in [-0.15, -0.1) is 10.1 Å². The summed E-state index contributed by atoms with van der Waals surface area (Å²) < 4.78 is 1.73. The minimum Gasteiger partial charge on any atom is -0.334 e. The van der Waals surface area contributed by atoms with E-state index in [9.17, 15) is 9.59 Å². The molecule has 144 valence electrons. The molecule has 1 aliphatic rings. The van der Waals surface area contributed by atoms with Crippen molar-refractivity contribution in [1.82, 2.24) is 10.7 Å². The zero-order chi connectivity index (χ0) is 20.2. The third kappa shape index (κ3) is 4.20. The van der Waals surface area contributed by atoms with Crippen molar-refractivity contribution in [1.29, 1.82) is 0 Å². The molecule has 0 spiro atoms. The van der Waals surface area contributed by atoms with Gasteiger partial charge in [-0.25, -0.2) is 0 Å². The molecular weight excluding hydrogens is 386 g/mol. The van der Waals surface area contributed by atoms with Crippen LogP contribution in [-0.2, 0) is 4.79 Å². The monoisotopic (exact) mass is 404 g/mol. The second kappa shape index (κ2) is 8.29. The Balaban J connectivity index is 1.69. The Hall–Kier alpha value is -3.44. The number of halogens is 1. The normalized spacial score (nSPS) is 19.8. The van der Waals surface area contributed by atoms with E-state index in [0.717, 1.165) is 11.1 Å². The van der Waals surface area contributed by atoms with E-state index in [1.807, 2.05) is 54.7 Å². The largest absolute Gasteiger partial charge is 0.334 e. The van der Waals surface area contributed by atoms with E-state index in [-0.39, 0.29) is 11.8 Å². The molecule has 1 fully saturated rings. The van der Waals surface area contributed by atoms with E-state index >= 15 is 0 Å². The number of benzene rings is 3. The molecule has 0 aromatic heterocycles. The summed E-state index contributed by atoms with van der Waals surface area (Å²) in [6, 6.07) is 24.7. The molecule has 0 unspecified atom stereocenters. The molecule has 4 rings (SSSR count). The lowest BCUT2D eigenvalue weighted by atomic mass is 10.00. The van der Waals surface area contributed by atoms with E-state index in [0.29, 0.717) is 10.6 Å². The summed E-state index contributed by atoms with van der Waals surface area (Å²) in [6.45, 7) is 0. The van der Waals surface area contributed by atoms with Crippen molar-refractivity contribution < 1.29 is 14.3 Å².